The maximum Gasteiger partial charge on any atom is 0.295 e. The minimum Gasteiger partial charge on any atom is -0.493 e. The molecular formula is C17H13ClN4O4. The highest BCUT2D eigenvalue weighted by Gasteiger charge is 2.20. The van der Waals surface area contributed by atoms with Crippen LogP contribution in [0.25, 0.3) is 10.9 Å². The minimum absolute atomic E-state index is 0.00314. The van der Waals surface area contributed by atoms with Crippen molar-refractivity contribution in [3.05, 3.63) is 62.7 Å². The fourth-order valence-corrected chi connectivity index (χ4v) is 2.85. The highest BCUT2D eigenvalue weighted by atomic mass is 35.5. The summed E-state index contributed by atoms with van der Waals surface area (Å²) < 4.78 is 1.44. The van der Waals surface area contributed by atoms with E-state index in [0.717, 1.165) is 0 Å². The molecule has 0 unspecified atom stereocenters. The normalized spacial score (nSPS) is 11.3. The van der Waals surface area contributed by atoms with E-state index >= 15 is 0 Å². The third-order valence-electron chi connectivity index (χ3n) is 3.95. The van der Waals surface area contributed by atoms with Gasteiger partial charge >= 0.3 is 0 Å². The van der Waals surface area contributed by atoms with Gasteiger partial charge in [0.05, 0.1) is 10.4 Å². The number of carbonyl (C=O) groups is 1. The van der Waals surface area contributed by atoms with Crippen molar-refractivity contribution in [3.8, 4) is 5.88 Å². The number of carbonyl (C=O) groups excluding carboxylic acids is 1. The number of benzene rings is 2. The molecule has 8 nitrogen and oxygen atoms in total. The van der Waals surface area contributed by atoms with Crippen LogP contribution >= 0.6 is 11.6 Å². The van der Waals surface area contributed by atoms with Gasteiger partial charge in [0.2, 0.25) is 5.88 Å². The number of nitro groups is 1. The fraction of sp³-hybridized carbons (Fsp3) is 0.118. The van der Waals surface area contributed by atoms with Crippen molar-refractivity contribution in [1.29, 1.82) is 0 Å². The molecule has 1 aromatic heterocycles. The van der Waals surface area contributed by atoms with E-state index in [1.54, 1.807) is 26.1 Å². The lowest BCUT2D eigenvalue weighted by Crippen LogP contribution is -1.92. The van der Waals surface area contributed by atoms with Crippen LogP contribution in [0.3, 0.4) is 0 Å². The Balaban J connectivity index is 2.09. The number of halogens is 1. The molecule has 0 atom stereocenters. The maximum absolute atomic E-state index is 12.1. The van der Waals surface area contributed by atoms with Crippen LogP contribution in [-0.4, -0.2) is 20.5 Å². The van der Waals surface area contributed by atoms with Crippen LogP contribution in [0.5, 0.6) is 5.88 Å². The molecule has 9 heteroatoms. The molecule has 0 saturated carbocycles. The Bertz CT molecular complexity index is 1070. The van der Waals surface area contributed by atoms with Crippen molar-refractivity contribution >= 4 is 39.8 Å². The number of hydrogen-bond donors (Lipinski definition) is 1. The van der Waals surface area contributed by atoms with E-state index in [1.165, 1.54) is 28.8 Å². The van der Waals surface area contributed by atoms with E-state index in [-0.39, 0.29) is 22.8 Å². The Labute approximate surface area is 152 Å². The third-order valence-corrected chi connectivity index (χ3v) is 4.20. The number of hydrogen-bond acceptors (Lipinski definition) is 5. The molecule has 0 bridgehead atoms. The first-order chi connectivity index (χ1) is 12.3. The zero-order valence-electron chi connectivity index (χ0n) is 13.8. The number of non-ortho nitro benzene ring substituents is 1. The second-order valence-electron chi connectivity index (χ2n) is 5.66. The van der Waals surface area contributed by atoms with Crippen molar-refractivity contribution in [3.63, 3.8) is 0 Å². The number of nitrogens with zero attached hydrogens (tertiary/aromatic N) is 4. The van der Waals surface area contributed by atoms with Crippen LogP contribution in [0.15, 0.2) is 46.6 Å². The van der Waals surface area contributed by atoms with Crippen molar-refractivity contribution in [1.82, 2.24) is 4.57 Å². The lowest BCUT2D eigenvalue weighted by Gasteiger charge is -2.01. The Hall–Kier alpha value is -3.26. The molecule has 1 heterocycles. The predicted octanol–water partition coefficient (Wildman–Crippen LogP) is 4.68. The molecule has 1 N–H and O–H groups in total. The van der Waals surface area contributed by atoms with Gasteiger partial charge in [0.25, 0.3) is 11.6 Å². The molecule has 0 radical (unpaired) electrons. The van der Waals surface area contributed by atoms with E-state index in [9.17, 15) is 20.0 Å². The van der Waals surface area contributed by atoms with Gasteiger partial charge in [-0.15, -0.1) is 10.2 Å². The molecule has 26 heavy (non-hydrogen) atoms. The van der Waals surface area contributed by atoms with Crippen LogP contribution in [0.4, 0.5) is 11.4 Å². The SMILES string of the molecule is Cc1cc([N+](=O)[O-])cc2c(N=NC(=O)c3ccc(Cl)cc3)c(O)n(C)c12. The first-order valence-electron chi connectivity index (χ1n) is 7.47. The predicted molar refractivity (Wildman–Crippen MR) is 96.3 cm³/mol. The number of rotatable bonds is 3. The van der Waals surface area contributed by atoms with Crippen molar-refractivity contribution in [2.75, 3.05) is 0 Å². The smallest absolute Gasteiger partial charge is 0.295 e. The van der Waals surface area contributed by atoms with E-state index < -0.39 is 10.8 Å². The van der Waals surface area contributed by atoms with Gasteiger partial charge in [-0.1, -0.05) is 11.6 Å². The Kier molecular flexibility index (Phi) is 4.43. The van der Waals surface area contributed by atoms with Crippen molar-refractivity contribution in [2.45, 2.75) is 6.92 Å². The molecule has 1 amide bonds. The Morgan fingerprint density at radius 1 is 1.27 bits per heavy atom. The number of fused-ring (bicyclic) bond motifs is 1. The molecular weight excluding hydrogens is 360 g/mol. The summed E-state index contributed by atoms with van der Waals surface area (Å²) in [5.41, 5.74) is 1.30. The molecule has 0 aliphatic heterocycles. The van der Waals surface area contributed by atoms with E-state index in [4.69, 9.17) is 11.6 Å². The van der Waals surface area contributed by atoms with Gasteiger partial charge in [-0.3, -0.25) is 14.9 Å². The standard InChI is InChI=1S/C17H13ClN4O4/c1-9-7-12(22(25)26)8-13-14(17(24)21(2)15(9)13)19-20-16(23)10-3-5-11(18)6-4-10/h3-8,24H,1-2H3. The summed E-state index contributed by atoms with van der Waals surface area (Å²) in [5, 5.41) is 29.7. The summed E-state index contributed by atoms with van der Waals surface area (Å²) >= 11 is 5.78. The first-order valence-corrected chi connectivity index (χ1v) is 7.85. The van der Waals surface area contributed by atoms with Crippen LogP contribution in [0.1, 0.15) is 15.9 Å². The lowest BCUT2D eigenvalue weighted by molar-refractivity contribution is -0.384. The number of aromatic nitrogens is 1. The summed E-state index contributed by atoms with van der Waals surface area (Å²) in [7, 11) is 1.59. The largest absolute Gasteiger partial charge is 0.493 e. The molecule has 3 rings (SSSR count). The zero-order valence-corrected chi connectivity index (χ0v) is 14.6. The maximum atomic E-state index is 12.1. The van der Waals surface area contributed by atoms with Gasteiger partial charge in [0.15, 0.2) is 5.69 Å². The van der Waals surface area contributed by atoms with Crippen molar-refractivity contribution in [2.24, 2.45) is 17.3 Å². The highest BCUT2D eigenvalue weighted by Crippen LogP contribution is 2.41. The monoisotopic (exact) mass is 372 g/mol. The quantitative estimate of drug-likeness (QED) is 0.408. The third kappa shape index (κ3) is 3.02. The Morgan fingerprint density at radius 3 is 2.54 bits per heavy atom. The molecule has 0 aliphatic carbocycles. The van der Waals surface area contributed by atoms with Gasteiger partial charge < -0.3 is 9.67 Å². The topological polar surface area (TPSA) is 110 Å². The van der Waals surface area contributed by atoms with Gasteiger partial charge in [-0.25, -0.2) is 0 Å². The van der Waals surface area contributed by atoms with Crippen LogP contribution in [0, 0.1) is 17.0 Å². The summed E-state index contributed by atoms with van der Waals surface area (Å²) in [4.78, 5) is 22.7. The van der Waals surface area contributed by atoms with Gasteiger partial charge in [0.1, 0.15) is 0 Å². The lowest BCUT2D eigenvalue weighted by atomic mass is 10.1. The molecule has 0 fully saturated rings. The first kappa shape index (κ1) is 17.6. The van der Waals surface area contributed by atoms with E-state index in [2.05, 4.69) is 10.2 Å². The summed E-state index contributed by atoms with van der Waals surface area (Å²) in [6, 6.07) is 8.80. The molecule has 0 aliphatic rings. The van der Waals surface area contributed by atoms with E-state index in [0.29, 0.717) is 21.5 Å². The molecule has 3 aromatic rings. The summed E-state index contributed by atoms with van der Waals surface area (Å²) in [6.45, 7) is 1.69. The second-order valence-corrected chi connectivity index (χ2v) is 6.10. The van der Waals surface area contributed by atoms with Gasteiger partial charge in [-0.2, -0.15) is 0 Å². The van der Waals surface area contributed by atoms with Gasteiger partial charge in [0, 0.05) is 35.2 Å². The number of azo groups is 1. The average Bonchev–Trinajstić information content (AvgIpc) is 2.84. The van der Waals surface area contributed by atoms with Crippen LogP contribution < -0.4 is 0 Å². The number of amides is 1. The molecule has 0 saturated heterocycles. The average molecular weight is 373 g/mol. The second kappa shape index (κ2) is 6.57. The molecule has 0 spiro atoms. The van der Waals surface area contributed by atoms with Crippen molar-refractivity contribution < 1.29 is 14.8 Å². The van der Waals surface area contributed by atoms with Crippen LogP contribution in [0.2, 0.25) is 5.02 Å². The van der Waals surface area contributed by atoms with Crippen LogP contribution in [-0.2, 0) is 7.05 Å². The summed E-state index contributed by atoms with van der Waals surface area (Å²) in [6.07, 6.45) is 0. The zero-order chi connectivity index (χ0) is 19.0. The number of aryl methyl sites for hydroxylation is 2. The van der Waals surface area contributed by atoms with E-state index in [1.807, 2.05) is 0 Å². The minimum atomic E-state index is -0.625. The molecule has 2 aromatic carbocycles. The number of nitro benzene ring substituents is 1. The number of aromatic hydroxyl groups is 1. The Morgan fingerprint density at radius 2 is 1.92 bits per heavy atom. The summed E-state index contributed by atoms with van der Waals surface area (Å²) in [5.74, 6) is -0.864. The fourth-order valence-electron chi connectivity index (χ4n) is 2.72. The molecule has 132 valence electrons. The highest BCUT2D eigenvalue weighted by molar-refractivity contribution is 6.30. The van der Waals surface area contributed by atoms with Gasteiger partial charge in [-0.05, 0) is 36.8 Å².